The fraction of sp³-hybridized carbons (Fsp3) is 0. The first-order chi connectivity index (χ1) is 11.1. The molecule has 3 aromatic rings. The molecule has 7 heteroatoms. The Morgan fingerprint density at radius 2 is 1.87 bits per heavy atom. The number of thiazole rings is 1. The van der Waals surface area contributed by atoms with Gasteiger partial charge < -0.3 is 5.11 Å². The van der Waals surface area contributed by atoms with Crippen molar-refractivity contribution in [3.8, 4) is 11.3 Å². The topological polar surface area (TPSA) is 92.2 Å². The van der Waals surface area contributed by atoms with Gasteiger partial charge in [-0.1, -0.05) is 30.3 Å². The van der Waals surface area contributed by atoms with Gasteiger partial charge in [0, 0.05) is 17.1 Å². The standard InChI is InChI=1S/C16H11N3O3S/c20-14(12-7-6-11(8-17-12)15(21)22)19-16-18-13(9-23-16)10-4-2-1-3-5-10/h1-9H,(H,21,22)(H,18,19,20). The summed E-state index contributed by atoms with van der Waals surface area (Å²) in [5, 5.41) is 13.8. The zero-order chi connectivity index (χ0) is 16.2. The van der Waals surface area contributed by atoms with Crippen molar-refractivity contribution in [3.05, 3.63) is 65.3 Å². The van der Waals surface area contributed by atoms with Gasteiger partial charge in [0.2, 0.25) is 0 Å². The number of nitrogens with one attached hydrogen (secondary N) is 1. The van der Waals surface area contributed by atoms with E-state index in [2.05, 4.69) is 15.3 Å². The molecule has 0 aliphatic rings. The van der Waals surface area contributed by atoms with Gasteiger partial charge in [0.05, 0.1) is 11.3 Å². The van der Waals surface area contributed by atoms with Crippen LogP contribution in [-0.4, -0.2) is 27.0 Å². The Kier molecular flexibility index (Phi) is 4.11. The highest BCUT2D eigenvalue weighted by Crippen LogP contribution is 2.24. The minimum Gasteiger partial charge on any atom is -0.478 e. The molecule has 2 N–H and O–H groups in total. The Bertz CT molecular complexity index is 845. The Labute approximate surface area is 135 Å². The molecule has 0 aliphatic heterocycles. The molecule has 2 heterocycles. The molecule has 0 spiro atoms. The second-order valence-corrected chi connectivity index (χ2v) is 5.45. The molecule has 6 nitrogen and oxygen atoms in total. The van der Waals surface area contributed by atoms with Crippen LogP contribution < -0.4 is 5.32 Å². The largest absolute Gasteiger partial charge is 0.478 e. The molecule has 2 aromatic heterocycles. The number of carbonyl (C=O) groups is 2. The predicted molar refractivity (Wildman–Crippen MR) is 86.7 cm³/mol. The number of benzene rings is 1. The molecule has 3 rings (SSSR count). The normalized spacial score (nSPS) is 10.3. The van der Waals surface area contributed by atoms with Gasteiger partial charge in [0.1, 0.15) is 5.69 Å². The Balaban J connectivity index is 1.73. The van der Waals surface area contributed by atoms with Crippen molar-refractivity contribution in [1.82, 2.24) is 9.97 Å². The summed E-state index contributed by atoms with van der Waals surface area (Å²) in [4.78, 5) is 31.0. The molecule has 0 unspecified atom stereocenters. The van der Waals surface area contributed by atoms with Gasteiger partial charge in [-0.3, -0.25) is 15.1 Å². The number of aromatic nitrogens is 2. The van der Waals surface area contributed by atoms with Gasteiger partial charge >= 0.3 is 5.97 Å². The maximum absolute atomic E-state index is 12.1. The highest BCUT2D eigenvalue weighted by Gasteiger charge is 2.12. The molecule has 23 heavy (non-hydrogen) atoms. The van der Waals surface area contributed by atoms with E-state index in [1.54, 1.807) is 0 Å². The number of anilines is 1. The number of amides is 1. The van der Waals surface area contributed by atoms with E-state index >= 15 is 0 Å². The maximum Gasteiger partial charge on any atom is 0.337 e. The summed E-state index contributed by atoms with van der Waals surface area (Å²) in [6.45, 7) is 0. The summed E-state index contributed by atoms with van der Waals surface area (Å²) in [6, 6.07) is 12.3. The van der Waals surface area contributed by atoms with E-state index in [1.165, 1.54) is 23.5 Å². The van der Waals surface area contributed by atoms with Crippen molar-refractivity contribution in [2.24, 2.45) is 0 Å². The highest BCUT2D eigenvalue weighted by atomic mass is 32.1. The van der Waals surface area contributed by atoms with Crippen molar-refractivity contribution >= 4 is 28.3 Å². The van der Waals surface area contributed by atoms with Crippen LogP contribution >= 0.6 is 11.3 Å². The second kappa shape index (κ2) is 6.37. The van der Waals surface area contributed by atoms with Gasteiger partial charge in [0.15, 0.2) is 5.13 Å². The number of pyridine rings is 1. The molecule has 0 radical (unpaired) electrons. The van der Waals surface area contributed by atoms with E-state index in [-0.39, 0.29) is 11.3 Å². The molecular formula is C16H11N3O3S. The first-order valence-corrected chi connectivity index (χ1v) is 7.53. The number of hydrogen-bond donors (Lipinski definition) is 2. The van der Waals surface area contributed by atoms with Crippen LogP contribution in [0.2, 0.25) is 0 Å². The molecule has 0 fully saturated rings. The molecular weight excluding hydrogens is 314 g/mol. The van der Waals surface area contributed by atoms with Crippen LogP contribution in [0.4, 0.5) is 5.13 Å². The molecule has 1 aromatic carbocycles. The Morgan fingerprint density at radius 1 is 1.09 bits per heavy atom. The molecule has 0 saturated heterocycles. The lowest BCUT2D eigenvalue weighted by Gasteiger charge is -2.01. The predicted octanol–water partition coefficient (Wildman–Crippen LogP) is 3.16. The summed E-state index contributed by atoms with van der Waals surface area (Å²) in [7, 11) is 0. The average Bonchev–Trinajstić information content (AvgIpc) is 3.04. The van der Waals surface area contributed by atoms with Gasteiger partial charge in [0.25, 0.3) is 5.91 Å². The third-order valence-corrected chi connectivity index (χ3v) is 3.79. The molecule has 0 atom stereocenters. The number of carboxylic acids is 1. The van der Waals surface area contributed by atoms with Gasteiger partial charge in [-0.25, -0.2) is 9.78 Å². The minimum atomic E-state index is -1.09. The summed E-state index contributed by atoms with van der Waals surface area (Å²) < 4.78 is 0. The maximum atomic E-state index is 12.1. The van der Waals surface area contributed by atoms with Crippen LogP contribution in [0.1, 0.15) is 20.8 Å². The van der Waals surface area contributed by atoms with Crippen LogP contribution in [0.3, 0.4) is 0 Å². The molecule has 1 amide bonds. The lowest BCUT2D eigenvalue weighted by atomic mass is 10.2. The highest BCUT2D eigenvalue weighted by molar-refractivity contribution is 7.14. The first kappa shape index (κ1) is 14.9. The summed E-state index contributed by atoms with van der Waals surface area (Å²) in [6.07, 6.45) is 1.15. The van der Waals surface area contributed by atoms with E-state index in [0.717, 1.165) is 17.5 Å². The summed E-state index contributed by atoms with van der Waals surface area (Å²) in [5.74, 6) is -1.52. The first-order valence-electron chi connectivity index (χ1n) is 6.65. The fourth-order valence-electron chi connectivity index (χ4n) is 1.89. The van der Waals surface area contributed by atoms with E-state index < -0.39 is 11.9 Å². The minimum absolute atomic E-state index is 0.0298. The Hall–Kier alpha value is -3.06. The van der Waals surface area contributed by atoms with Gasteiger partial charge in [-0.15, -0.1) is 11.3 Å². The lowest BCUT2D eigenvalue weighted by Crippen LogP contribution is -2.14. The van der Waals surface area contributed by atoms with Crippen molar-refractivity contribution in [2.75, 3.05) is 5.32 Å². The molecule has 0 saturated carbocycles. The SMILES string of the molecule is O=C(O)c1ccc(C(=O)Nc2nc(-c3ccccc3)cs2)nc1. The van der Waals surface area contributed by atoms with Crippen LogP contribution in [-0.2, 0) is 0 Å². The molecule has 114 valence electrons. The lowest BCUT2D eigenvalue weighted by molar-refractivity contribution is 0.0696. The van der Waals surface area contributed by atoms with Crippen LogP contribution in [0.25, 0.3) is 11.3 Å². The fourth-order valence-corrected chi connectivity index (χ4v) is 2.60. The number of carbonyl (C=O) groups excluding carboxylic acids is 1. The summed E-state index contributed by atoms with van der Waals surface area (Å²) in [5.41, 5.74) is 1.90. The zero-order valence-corrected chi connectivity index (χ0v) is 12.6. The van der Waals surface area contributed by atoms with Crippen LogP contribution in [0.15, 0.2) is 54.0 Å². The Morgan fingerprint density at radius 3 is 2.52 bits per heavy atom. The van der Waals surface area contributed by atoms with Crippen molar-refractivity contribution in [2.45, 2.75) is 0 Å². The number of rotatable bonds is 4. The van der Waals surface area contributed by atoms with E-state index in [0.29, 0.717) is 5.13 Å². The monoisotopic (exact) mass is 325 g/mol. The quantitative estimate of drug-likeness (QED) is 0.768. The van der Waals surface area contributed by atoms with Gasteiger partial charge in [-0.05, 0) is 12.1 Å². The number of carboxylic acid groups (broad SMARTS) is 1. The second-order valence-electron chi connectivity index (χ2n) is 4.60. The van der Waals surface area contributed by atoms with E-state index in [1.807, 2.05) is 35.7 Å². The van der Waals surface area contributed by atoms with Crippen LogP contribution in [0, 0.1) is 0 Å². The van der Waals surface area contributed by atoms with E-state index in [4.69, 9.17) is 5.11 Å². The number of aromatic carboxylic acids is 1. The number of nitrogens with zero attached hydrogens (tertiary/aromatic N) is 2. The van der Waals surface area contributed by atoms with Crippen LogP contribution in [0.5, 0.6) is 0 Å². The number of hydrogen-bond acceptors (Lipinski definition) is 5. The van der Waals surface area contributed by atoms with Gasteiger partial charge in [-0.2, -0.15) is 0 Å². The van der Waals surface area contributed by atoms with Crippen molar-refractivity contribution < 1.29 is 14.7 Å². The average molecular weight is 325 g/mol. The smallest absolute Gasteiger partial charge is 0.337 e. The van der Waals surface area contributed by atoms with Crippen molar-refractivity contribution in [1.29, 1.82) is 0 Å². The molecule has 0 bridgehead atoms. The zero-order valence-electron chi connectivity index (χ0n) is 11.8. The summed E-state index contributed by atoms with van der Waals surface area (Å²) >= 11 is 1.31. The van der Waals surface area contributed by atoms with Crippen molar-refractivity contribution in [3.63, 3.8) is 0 Å². The molecule has 0 aliphatic carbocycles. The van der Waals surface area contributed by atoms with E-state index in [9.17, 15) is 9.59 Å². The third-order valence-electron chi connectivity index (χ3n) is 3.04. The third kappa shape index (κ3) is 3.41.